The fraction of sp³-hybridized carbons (Fsp3) is 0.227. The first-order valence-corrected chi connectivity index (χ1v) is 10.3. The highest BCUT2D eigenvalue weighted by atomic mass is 32.1. The maximum Gasteiger partial charge on any atom is 0.349 e. The molecule has 2 N–H and O–H groups in total. The number of carbonyl (C=O) groups excluding carboxylic acids is 3. The Morgan fingerprint density at radius 2 is 1.90 bits per heavy atom. The van der Waals surface area contributed by atoms with Crippen LogP contribution >= 0.6 is 11.3 Å². The lowest BCUT2D eigenvalue weighted by molar-refractivity contribution is -0.124. The zero-order valence-corrected chi connectivity index (χ0v) is 17.3. The predicted octanol–water partition coefficient (Wildman–Crippen LogP) is 3.81. The van der Waals surface area contributed by atoms with Crippen LogP contribution in [0.2, 0.25) is 0 Å². The molecule has 0 fully saturated rings. The Morgan fingerprint density at radius 3 is 2.63 bits per heavy atom. The van der Waals surface area contributed by atoms with Gasteiger partial charge < -0.3 is 19.8 Å². The van der Waals surface area contributed by atoms with Gasteiger partial charge in [-0.25, -0.2) is 4.79 Å². The highest BCUT2D eigenvalue weighted by molar-refractivity contribution is 7.18. The van der Waals surface area contributed by atoms with Gasteiger partial charge in [0, 0.05) is 6.54 Å². The smallest absolute Gasteiger partial charge is 0.349 e. The number of amides is 2. The van der Waals surface area contributed by atoms with Crippen molar-refractivity contribution in [2.75, 3.05) is 18.5 Å². The van der Waals surface area contributed by atoms with Crippen LogP contribution in [-0.2, 0) is 16.0 Å². The number of aryl methyl sites for hydroxylation is 2. The van der Waals surface area contributed by atoms with Crippen molar-refractivity contribution in [3.05, 3.63) is 76.6 Å². The van der Waals surface area contributed by atoms with E-state index in [9.17, 15) is 14.4 Å². The summed E-state index contributed by atoms with van der Waals surface area (Å²) in [4.78, 5) is 36.6. The molecule has 0 bridgehead atoms. The molecule has 2 heterocycles. The topological polar surface area (TPSA) is 97.6 Å². The summed E-state index contributed by atoms with van der Waals surface area (Å²) in [6.07, 6.45) is 3.07. The molecule has 0 radical (unpaired) electrons. The molecule has 156 valence electrons. The molecule has 2 aromatic heterocycles. The van der Waals surface area contributed by atoms with Crippen LogP contribution in [0.15, 0.2) is 59.2 Å². The van der Waals surface area contributed by atoms with Crippen molar-refractivity contribution in [1.29, 1.82) is 0 Å². The fourth-order valence-electron chi connectivity index (χ4n) is 2.74. The maximum absolute atomic E-state index is 12.3. The summed E-state index contributed by atoms with van der Waals surface area (Å²) < 4.78 is 10.1. The minimum Gasteiger partial charge on any atom is -0.459 e. The van der Waals surface area contributed by atoms with Gasteiger partial charge in [0.1, 0.15) is 4.88 Å². The second-order valence-corrected chi connectivity index (χ2v) is 7.62. The molecule has 0 saturated heterocycles. The molecule has 0 unspecified atom stereocenters. The van der Waals surface area contributed by atoms with Crippen LogP contribution in [0.3, 0.4) is 0 Å². The molecule has 30 heavy (non-hydrogen) atoms. The molecule has 0 spiro atoms. The molecule has 7 nitrogen and oxygen atoms in total. The van der Waals surface area contributed by atoms with E-state index in [1.165, 1.54) is 11.8 Å². The minimum atomic E-state index is -0.601. The van der Waals surface area contributed by atoms with Crippen molar-refractivity contribution in [2.45, 2.75) is 19.8 Å². The van der Waals surface area contributed by atoms with Crippen LogP contribution < -0.4 is 10.6 Å². The summed E-state index contributed by atoms with van der Waals surface area (Å²) >= 11 is 1.08. The van der Waals surface area contributed by atoms with Gasteiger partial charge in [-0.3, -0.25) is 9.59 Å². The molecule has 0 aliphatic rings. The largest absolute Gasteiger partial charge is 0.459 e. The second-order valence-electron chi connectivity index (χ2n) is 6.57. The Hall–Kier alpha value is -3.39. The average Bonchev–Trinajstić information content (AvgIpc) is 3.40. The molecule has 2 amide bonds. The van der Waals surface area contributed by atoms with Gasteiger partial charge in [0.05, 0.1) is 11.3 Å². The van der Waals surface area contributed by atoms with E-state index < -0.39 is 11.9 Å². The van der Waals surface area contributed by atoms with Crippen molar-refractivity contribution < 1.29 is 23.5 Å². The predicted molar refractivity (Wildman–Crippen MR) is 114 cm³/mol. The van der Waals surface area contributed by atoms with E-state index in [0.717, 1.165) is 24.2 Å². The van der Waals surface area contributed by atoms with Crippen LogP contribution in [-0.4, -0.2) is 30.9 Å². The Bertz CT molecular complexity index is 996. The number of nitrogens with one attached hydrogen (secondary N) is 2. The molecule has 0 saturated carbocycles. The number of rotatable bonds is 9. The number of thiophene rings is 1. The van der Waals surface area contributed by atoms with E-state index in [1.807, 2.05) is 30.3 Å². The molecular formula is C22H22N2O5S. The maximum atomic E-state index is 12.3. The molecular weight excluding hydrogens is 404 g/mol. The molecule has 0 atom stereocenters. The Kier molecular flexibility index (Phi) is 7.40. The molecule has 3 rings (SSSR count). The van der Waals surface area contributed by atoms with E-state index in [1.54, 1.807) is 25.1 Å². The van der Waals surface area contributed by atoms with Gasteiger partial charge in [0.25, 0.3) is 11.8 Å². The van der Waals surface area contributed by atoms with Gasteiger partial charge >= 0.3 is 5.97 Å². The van der Waals surface area contributed by atoms with Crippen LogP contribution in [0, 0.1) is 6.92 Å². The fourth-order valence-corrected chi connectivity index (χ4v) is 3.70. The van der Waals surface area contributed by atoms with Crippen LogP contribution in [0.25, 0.3) is 0 Å². The van der Waals surface area contributed by atoms with Gasteiger partial charge in [-0.1, -0.05) is 30.3 Å². The van der Waals surface area contributed by atoms with E-state index in [4.69, 9.17) is 9.15 Å². The molecule has 8 heteroatoms. The molecule has 0 aliphatic carbocycles. The second kappa shape index (κ2) is 10.4. The zero-order valence-electron chi connectivity index (χ0n) is 16.5. The number of esters is 1. The van der Waals surface area contributed by atoms with Crippen molar-refractivity contribution >= 4 is 34.1 Å². The lowest BCUT2D eigenvalue weighted by Crippen LogP contribution is -2.29. The van der Waals surface area contributed by atoms with Gasteiger partial charge in [-0.05, 0) is 49.1 Å². The molecule has 3 aromatic rings. The van der Waals surface area contributed by atoms with Crippen molar-refractivity contribution in [1.82, 2.24) is 5.32 Å². The molecule has 1 aromatic carbocycles. The first kappa shape index (κ1) is 21.3. The monoisotopic (exact) mass is 426 g/mol. The lowest BCUT2D eigenvalue weighted by atomic mass is 10.1. The summed E-state index contributed by atoms with van der Waals surface area (Å²) in [5, 5.41) is 5.90. The number of anilines is 1. The third-order valence-corrected chi connectivity index (χ3v) is 5.36. The number of hydrogen-bond acceptors (Lipinski definition) is 6. The van der Waals surface area contributed by atoms with E-state index in [0.29, 0.717) is 22.0 Å². The van der Waals surface area contributed by atoms with Gasteiger partial charge in [-0.15, -0.1) is 11.3 Å². The van der Waals surface area contributed by atoms with Gasteiger partial charge in [0.15, 0.2) is 12.4 Å². The summed E-state index contributed by atoms with van der Waals surface area (Å²) in [7, 11) is 0. The quantitative estimate of drug-likeness (QED) is 0.401. The van der Waals surface area contributed by atoms with E-state index in [2.05, 4.69) is 10.6 Å². The van der Waals surface area contributed by atoms with Crippen molar-refractivity contribution in [3.8, 4) is 0 Å². The van der Waals surface area contributed by atoms with Crippen LogP contribution in [0.4, 0.5) is 5.00 Å². The summed E-state index contributed by atoms with van der Waals surface area (Å²) in [5.41, 5.74) is 1.87. The van der Waals surface area contributed by atoms with Crippen LogP contribution in [0.1, 0.15) is 37.8 Å². The number of ether oxygens (including phenoxy) is 1. The number of benzene rings is 1. The minimum absolute atomic E-state index is 0.175. The van der Waals surface area contributed by atoms with Gasteiger partial charge in [0.2, 0.25) is 0 Å². The Labute approximate surface area is 178 Å². The summed E-state index contributed by atoms with van der Waals surface area (Å²) in [5.74, 6) is -1.18. The average molecular weight is 426 g/mol. The summed E-state index contributed by atoms with van der Waals surface area (Å²) in [6.45, 7) is 1.89. The normalized spacial score (nSPS) is 10.4. The van der Waals surface area contributed by atoms with E-state index >= 15 is 0 Å². The first-order valence-electron chi connectivity index (χ1n) is 9.46. The number of hydrogen-bond donors (Lipinski definition) is 2. The standard InChI is InChI=1S/C22H22N2O5S/c1-15-13-19(24-21(26)17-10-6-12-28-17)30-20(15)22(27)29-14-18(25)23-11-5-9-16-7-3-2-4-8-16/h2-4,6-8,10,12-13H,5,9,11,14H2,1H3,(H,23,25)(H,24,26). The third-order valence-electron chi connectivity index (χ3n) is 4.23. The Balaban J connectivity index is 1.41. The van der Waals surface area contributed by atoms with E-state index in [-0.39, 0.29) is 18.3 Å². The zero-order chi connectivity index (χ0) is 21.3. The van der Waals surface area contributed by atoms with Crippen molar-refractivity contribution in [2.24, 2.45) is 0 Å². The first-order chi connectivity index (χ1) is 14.5. The van der Waals surface area contributed by atoms with Crippen molar-refractivity contribution in [3.63, 3.8) is 0 Å². The Morgan fingerprint density at radius 1 is 1.10 bits per heavy atom. The number of furan rings is 1. The van der Waals surface area contributed by atoms with Gasteiger partial charge in [-0.2, -0.15) is 0 Å². The number of carbonyl (C=O) groups is 3. The molecule has 0 aliphatic heterocycles. The third kappa shape index (κ3) is 6.05. The van der Waals surface area contributed by atoms with Crippen LogP contribution in [0.5, 0.6) is 0 Å². The highest BCUT2D eigenvalue weighted by Crippen LogP contribution is 2.27. The highest BCUT2D eigenvalue weighted by Gasteiger charge is 2.18. The SMILES string of the molecule is Cc1cc(NC(=O)c2ccco2)sc1C(=O)OCC(=O)NCCCc1ccccc1. The lowest BCUT2D eigenvalue weighted by Gasteiger charge is -2.06. The summed E-state index contributed by atoms with van der Waals surface area (Å²) in [6, 6.07) is 14.8.